The van der Waals surface area contributed by atoms with Crippen molar-refractivity contribution in [3.63, 3.8) is 0 Å². The van der Waals surface area contributed by atoms with Crippen molar-refractivity contribution >= 4 is 5.91 Å². The van der Waals surface area contributed by atoms with E-state index in [2.05, 4.69) is 6.07 Å². The first-order valence-electron chi connectivity index (χ1n) is 5.37. The predicted octanol–water partition coefficient (Wildman–Crippen LogP) is 1.40. The van der Waals surface area contributed by atoms with Crippen LogP contribution >= 0.6 is 0 Å². The molecule has 2 aliphatic carbocycles. The Morgan fingerprint density at radius 1 is 1.50 bits per heavy atom. The Labute approximate surface area is 84.7 Å². The van der Waals surface area contributed by atoms with E-state index in [1.165, 1.54) is 19.3 Å². The van der Waals surface area contributed by atoms with Crippen molar-refractivity contribution in [2.45, 2.75) is 25.7 Å². The molecule has 2 fully saturated rings. The fraction of sp³-hybridized carbons (Fsp3) is 0.818. The summed E-state index contributed by atoms with van der Waals surface area (Å²) >= 11 is 0. The largest absolute Gasteiger partial charge is 0.344 e. The number of carbonyl (C=O) groups is 1. The minimum absolute atomic E-state index is 0.273. The number of fused-ring (bicyclic) bond motifs is 1. The van der Waals surface area contributed by atoms with Crippen LogP contribution in [0.2, 0.25) is 0 Å². The average Bonchev–Trinajstić information content (AvgIpc) is 2.66. The first-order chi connectivity index (χ1) is 6.75. The van der Waals surface area contributed by atoms with Gasteiger partial charge >= 0.3 is 0 Å². The lowest BCUT2D eigenvalue weighted by Crippen LogP contribution is -2.30. The fourth-order valence-electron chi connectivity index (χ4n) is 2.77. The number of rotatable bonds is 3. The second-order valence-corrected chi connectivity index (χ2v) is 4.45. The highest BCUT2D eigenvalue weighted by Gasteiger charge is 2.57. The molecule has 0 heterocycles. The van der Waals surface area contributed by atoms with Crippen molar-refractivity contribution in [1.29, 1.82) is 5.26 Å². The van der Waals surface area contributed by atoms with Crippen LogP contribution in [0.1, 0.15) is 25.7 Å². The Morgan fingerprint density at radius 3 is 2.71 bits per heavy atom. The van der Waals surface area contributed by atoms with E-state index in [9.17, 15) is 4.79 Å². The molecule has 0 aromatic carbocycles. The third kappa shape index (κ3) is 1.50. The van der Waals surface area contributed by atoms with Gasteiger partial charge in [0.2, 0.25) is 5.91 Å². The lowest BCUT2D eigenvalue weighted by molar-refractivity contribution is -0.132. The van der Waals surface area contributed by atoms with Crippen LogP contribution in [0.4, 0.5) is 0 Å². The molecule has 76 valence electrons. The molecule has 2 saturated carbocycles. The van der Waals surface area contributed by atoms with Gasteiger partial charge in [-0.1, -0.05) is 6.42 Å². The summed E-state index contributed by atoms with van der Waals surface area (Å²) in [7, 11) is 1.81. The van der Waals surface area contributed by atoms with Crippen molar-refractivity contribution in [3.05, 3.63) is 0 Å². The van der Waals surface area contributed by atoms with Crippen molar-refractivity contribution < 1.29 is 4.79 Å². The Bertz CT molecular complexity index is 272. The molecule has 0 spiro atoms. The Morgan fingerprint density at radius 2 is 2.14 bits per heavy atom. The molecule has 0 N–H and O–H groups in total. The van der Waals surface area contributed by atoms with E-state index in [0.717, 1.165) is 0 Å². The molecule has 2 atom stereocenters. The lowest BCUT2D eigenvalue weighted by Gasteiger charge is -2.16. The predicted molar refractivity (Wildman–Crippen MR) is 52.2 cm³/mol. The molecule has 0 bridgehead atoms. The summed E-state index contributed by atoms with van der Waals surface area (Å²) in [6.45, 7) is 0.589. The summed E-state index contributed by atoms with van der Waals surface area (Å²) in [4.78, 5) is 13.6. The molecule has 14 heavy (non-hydrogen) atoms. The first-order valence-corrected chi connectivity index (χ1v) is 5.37. The molecule has 0 aliphatic heterocycles. The van der Waals surface area contributed by atoms with Crippen molar-refractivity contribution in [2.24, 2.45) is 17.8 Å². The van der Waals surface area contributed by atoms with Gasteiger partial charge in [-0.25, -0.2) is 0 Å². The number of nitriles is 1. The van der Waals surface area contributed by atoms with Crippen LogP contribution in [0.5, 0.6) is 0 Å². The molecule has 3 nitrogen and oxygen atoms in total. The molecular weight excluding hydrogens is 176 g/mol. The molecule has 2 unspecified atom stereocenters. The van der Waals surface area contributed by atoms with Gasteiger partial charge in [-0.05, 0) is 24.7 Å². The third-order valence-corrected chi connectivity index (χ3v) is 3.63. The molecular formula is C11H16N2O. The second-order valence-electron chi connectivity index (χ2n) is 4.45. The number of hydrogen-bond donors (Lipinski definition) is 0. The van der Waals surface area contributed by atoms with Crippen LogP contribution in [-0.4, -0.2) is 24.4 Å². The quantitative estimate of drug-likeness (QED) is 0.678. The number of nitrogens with zero attached hydrogens (tertiary/aromatic N) is 2. The summed E-state index contributed by atoms with van der Waals surface area (Å²) in [5.74, 6) is 1.96. The molecule has 1 amide bonds. The van der Waals surface area contributed by atoms with Gasteiger partial charge in [0, 0.05) is 19.5 Å². The van der Waals surface area contributed by atoms with Gasteiger partial charge in [-0.3, -0.25) is 4.79 Å². The molecule has 2 rings (SSSR count). The highest BCUT2D eigenvalue weighted by Crippen LogP contribution is 2.57. The monoisotopic (exact) mass is 192 g/mol. The summed E-state index contributed by atoms with van der Waals surface area (Å²) in [6, 6.07) is 2.07. The van der Waals surface area contributed by atoms with E-state index in [0.29, 0.717) is 30.7 Å². The van der Waals surface area contributed by atoms with Crippen LogP contribution in [0, 0.1) is 29.1 Å². The highest BCUT2D eigenvalue weighted by molar-refractivity contribution is 5.82. The van der Waals surface area contributed by atoms with Crippen LogP contribution in [0.15, 0.2) is 0 Å². The summed E-state index contributed by atoms with van der Waals surface area (Å²) in [6.07, 6.45) is 4.24. The Balaban J connectivity index is 1.82. The Kier molecular flexibility index (Phi) is 2.45. The maximum atomic E-state index is 11.8. The van der Waals surface area contributed by atoms with E-state index in [1.807, 2.05) is 7.05 Å². The van der Waals surface area contributed by atoms with E-state index in [1.54, 1.807) is 4.90 Å². The number of hydrogen-bond acceptors (Lipinski definition) is 2. The summed E-state index contributed by atoms with van der Waals surface area (Å²) in [5, 5.41) is 8.42. The molecule has 3 heteroatoms. The van der Waals surface area contributed by atoms with Gasteiger partial charge in [0.05, 0.1) is 12.5 Å². The van der Waals surface area contributed by atoms with E-state index in [-0.39, 0.29) is 5.91 Å². The highest BCUT2D eigenvalue weighted by atomic mass is 16.2. The number of amides is 1. The summed E-state index contributed by atoms with van der Waals surface area (Å²) in [5.41, 5.74) is 0. The van der Waals surface area contributed by atoms with Gasteiger partial charge in [-0.15, -0.1) is 0 Å². The van der Waals surface area contributed by atoms with E-state index in [4.69, 9.17) is 5.26 Å². The lowest BCUT2D eigenvalue weighted by atomic mass is 10.1. The van der Waals surface area contributed by atoms with Crippen molar-refractivity contribution in [1.82, 2.24) is 4.90 Å². The maximum absolute atomic E-state index is 11.8. The molecule has 0 saturated heterocycles. The van der Waals surface area contributed by atoms with Gasteiger partial charge in [0.1, 0.15) is 0 Å². The van der Waals surface area contributed by atoms with Crippen molar-refractivity contribution in [2.75, 3.05) is 13.6 Å². The molecule has 0 radical (unpaired) electrons. The van der Waals surface area contributed by atoms with Crippen LogP contribution in [-0.2, 0) is 4.79 Å². The smallest absolute Gasteiger partial charge is 0.226 e. The second kappa shape index (κ2) is 3.61. The fourth-order valence-corrected chi connectivity index (χ4v) is 2.77. The summed E-state index contributed by atoms with van der Waals surface area (Å²) < 4.78 is 0. The molecule has 0 aromatic rings. The Hall–Kier alpha value is -1.04. The van der Waals surface area contributed by atoms with Crippen molar-refractivity contribution in [3.8, 4) is 6.07 Å². The molecule has 0 aromatic heterocycles. The topological polar surface area (TPSA) is 44.1 Å². The van der Waals surface area contributed by atoms with Crippen LogP contribution < -0.4 is 0 Å². The maximum Gasteiger partial charge on any atom is 0.226 e. The van der Waals surface area contributed by atoms with Gasteiger partial charge in [0.25, 0.3) is 0 Å². The van der Waals surface area contributed by atoms with Crippen LogP contribution in [0.25, 0.3) is 0 Å². The minimum Gasteiger partial charge on any atom is -0.344 e. The first kappa shape index (κ1) is 9.51. The zero-order chi connectivity index (χ0) is 10.1. The zero-order valence-electron chi connectivity index (χ0n) is 8.57. The third-order valence-electron chi connectivity index (χ3n) is 3.63. The van der Waals surface area contributed by atoms with Gasteiger partial charge in [-0.2, -0.15) is 5.26 Å². The van der Waals surface area contributed by atoms with Crippen LogP contribution in [0.3, 0.4) is 0 Å². The van der Waals surface area contributed by atoms with Gasteiger partial charge < -0.3 is 4.90 Å². The molecule has 2 aliphatic rings. The van der Waals surface area contributed by atoms with E-state index < -0.39 is 0 Å². The zero-order valence-corrected chi connectivity index (χ0v) is 8.57. The standard InChI is InChI=1S/C11H16N2O/c1-13(7-3-6-12)11(14)10-8-4-2-5-9(8)10/h8-10H,2-5,7H2,1H3. The number of carbonyl (C=O) groups excluding carboxylic acids is 1. The van der Waals surface area contributed by atoms with E-state index >= 15 is 0 Å². The minimum atomic E-state index is 0.273. The van der Waals surface area contributed by atoms with Gasteiger partial charge in [0.15, 0.2) is 0 Å². The normalized spacial score (nSPS) is 33.3. The SMILES string of the molecule is CN(CCC#N)C(=O)C1C2CCCC21. The average molecular weight is 192 g/mol.